The predicted octanol–water partition coefficient (Wildman–Crippen LogP) is 1.52. The highest BCUT2D eigenvalue weighted by Crippen LogP contribution is 2.19. The minimum absolute atomic E-state index is 0.0353. The van der Waals surface area contributed by atoms with E-state index in [2.05, 4.69) is 10.0 Å². The molecular weight excluding hydrogens is 293 g/mol. The van der Waals surface area contributed by atoms with Gasteiger partial charge in [-0.1, -0.05) is 6.42 Å². The Bertz CT molecular complexity index is 587. The maximum absolute atomic E-state index is 13.5. The summed E-state index contributed by atoms with van der Waals surface area (Å²) in [6.07, 6.45) is 2.82. The standard InChI is InChI=1S/C12H15F3N2O2S/c13-9-4-5-10(12(15)11(9)14)20(18,19)17-7-8-3-1-2-6-16-8/h4-5,8,16-17H,1-3,6-7H2. The van der Waals surface area contributed by atoms with Crippen molar-refractivity contribution >= 4 is 10.0 Å². The molecule has 2 N–H and O–H groups in total. The summed E-state index contributed by atoms with van der Waals surface area (Å²) in [5.74, 6) is -4.91. The molecule has 0 aromatic heterocycles. The summed E-state index contributed by atoms with van der Waals surface area (Å²) in [5.41, 5.74) is 0. The molecule has 1 aromatic rings. The van der Waals surface area contributed by atoms with Crippen LogP contribution in [0.5, 0.6) is 0 Å². The molecule has 0 aliphatic carbocycles. The number of hydrogen-bond acceptors (Lipinski definition) is 3. The van der Waals surface area contributed by atoms with Crippen LogP contribution in [0.3, 0.4) is 0 Å². The van der Waals surface area contributed by atoms with Crippen molar-refractivity contribution in [3.05, 3.63) is 29.6 Å². The molecule has 0 amide bonds. The monoisotopic (exact) mass is 308 g/mol. The van der Waals surface area contributed by atoms with Crippen LogP contribution in [-0.4, -0.2) is 27.5 Å². The predicted molar refractivity (Wildman–Crippen MR) is 67.1 cm³/mol. The van der Waals surface area contributed by atoms with E-state index in [-0.39, 0.29) is 12.6 Å². The molecule has 0 spiro atoms. The van der Waals surface area contributed by atoms with Gasteiger partial charge in [-0.25, -0.2) is 26.3 Å². The summed E-state index contributed by atoms with van der Waals surface area (Å²) in [7, 11) is -4.20. The van der Waals surface area contributed by atoms with Gasteiger partial charge in [0.2, 0.25) is 10.0 Å². The molecule has 20 heavy (non-hydrogen) atoms. The summed E-state index contributed by atoms with van der Waals surface area (Å²) >= 11 is 0. The molecule has 8 heteroatoms. The van der Waals surface area contributed by atoms with Gasteiger partial charge in [-0.2, -0.15) is 0 Å². The van der Waals surface area contributed by atoms with E-state index >= 15 is 0 Å². The highest BCUT2D eigenvalue weighted by Gasteiger charge is 2.25. The van der Waals surface area contributed by atoms with E-state index in [0.717, 1.165) is 25.8 Å². The lowest BCUT2D eigenvalue weighted by Gasteiger charge is -2.23. The summed E-state index contributed by atoms with van der Waals surface area (Å²) in [6, 6.07) is 1.27. The van der Waals surface area contributed by atoms with Crippen molar-refractivity contribution in [2.75, 3.05) is 13.1 Å². The van der Waals surface area contributed by atoms with Crippen molar-refractivity contribution in [3.63, 3.8) is 0 Å². The lowest BCUT2D eigenvalue weighted by atomic mass is 10.1. The molecule has 2 rings (SSSR count). The fourth-order valence-corrected chi connectivity index (χ4v) is 3.25. The molecule has 0 saturated carbocycles. The number of nitrogens with one attached hydrogen (secondary N) is 2. The molecule has 1 atom stereocenters. The second kappa shape index (κ2) is 6.11. The highest BCUT2D eigenvalue weighted by molar-refractivity contribution is 7.89. The Morgan fingerprint density at radius 1 is 1.20 bits per heavy atom. The van der Waals surface area contributed by atoms with Gasteiger partial charge in [0, 0.05) is 12.6 Å². The van der Waals surface area contributed by atoms with Crippen LogP contribution in [0, 0.1) is 17.5 Å². The molecule has 1 aromatic carbocycles. The van der Waals surface area contributed by atoms with Crippen LogP contribution in [0.4, 0.5) is 13.2 Å². The van der Waals surface area contributed by atoms with Crippen LogP contribution in [0.1, 0.15) is 19.3 Å². The third-order valence-electron chi connectivity index (χ3n) is 3.22. The molecule has 1 unspecified atom stereocenters. The fourth-order valence-electron chi connectivity index (χ4n) is 2.10. The molecule has 1 aliphatic heterocycles. The first-order valence-corrected chi connectivity index (χ1v) is 7.76. The lowest BCUT2D eigenvalue weighted by molar-refractivity contribution is 0.397. The second-order valence-corrected chi connectivity index (χ2v) is 6.41. The SMILES string of the molecule is O=S(=O)(NCC1CCCCN1)c1ccc(F)c(F)c1F. The van der Waals surface area contributed by atoms with Crippen molar-refractivity contribution in [2.24, 2.45) is 0 Å². The topological polar surface area (TPSA) is 58.2 Å². The van der Waals surface area contributed by atoms with Gasteiger partial charge in [-0.3, -0.25) is 0 Å². The van der Waals surface area contributed by atoms with E-state index in [1.807, 2.05) is 0 Å². The number of hydrogen-bond donors (Lipinski definition) is 2. The van der Waals surface area contributed by atoms with Crippen LogP contribution in [-0.2, 0) is 10.0 Å². The third kappa shape index (κ3) is 3.31. The smallest absolute Gasteiger partial charge is 0.243 e. The first kappa shape index (κ1) is 15.3. The summed E-state index contributed by atoms with van der Waals surface area (Å²) < 4.78 is 65.3. The van der Waals surface area contributed by atoms with Gasteiger partial charge in [0.25, 0.3) is 0 Å². The van der Waals surface area contributed by atoms with E-state index in [1.54, 1.807) is 0 Å². The minimum Gasteiger partial charge on any atom is -0.313 e. The van der Waals surface area contributed by atoms with Crippen LogP contribution in [0.2, 0.25) is 0 Å². The maximum Gasteiger partial charge on any atom is 0.243 e. The lowest BCUT2D eigenvalue weighted by Crippen LogP contribution is -2.43. The van der Waals surface area contributed by atoms with E-state index in [0.29, 0.717) is 12.1 Å². The van der Waals surface area contributed by atoms with Gasteiger partial charge in [-0.05, 0) is 31.5 Å². The largest absolute Gasteiger partial charge is 0.313 e. The average molecular weight is 308 g/mol. The molecule has 1 saturated heterocycles. The van der Waals surface area contributed by atoms with E-state index in [1.165, 1.54) is 0 Å². The van der Waals surface area contributed by atoms with E-state index in [4.69, 9.17) is 0 Å². The van der Waals surface area contributed by atoms with Crippen LogP contribution >= 0.6 is 0 Å². The fraction of sp³-hybridized carbons (Fsp3) is 0.500. The first-order chi connectivity index (χ1) is 9.42. The maximum atomic E-state index is 13.5. The Balaban J connectivity index is 2.12. The molecule has 0 bridgehead atoms. The van der Waals surface area contributed by atoms with Crippen molar-refractivity contribution in [3.8, 4) is 0 Å². The van der Waals surface area contributed by atoms with Gasteiger partial charge in [-0.15, -0.1) is 0 Å². The zero-order valence-corrected chi connectivity index (χ0v) is 11.4. The van der Waals surface area contributed by atoms with Crippen molar-refractivity contribution in [2.45, 2.75) is 30.2 Å². The van der Waals surface area contributed by atoms with E-state index < -0.39 is 32.4 Å². The molecule has 1 aliphatic rings. The first-order valence-electron chi connectivity index (χ1n) is 6.28. The summed E-state index contributed by atoms with van der Waals surface area (Å²) in [4.78, 5) is -0.882. The van der Waals surface area contributed by atoms with Crippen molar-refractivity contribution in [1.29, 1.82) is 0 Å². The number of benzene rings is 1. The van der Waals surface area contributed by atoms with Crippen molar-refractivity contribution in [1.82, 2.24) is 10.0 Å². The minimum atomic E-state index is -4.20. The normalized spacial score (nSPS) is 20.1. The summed E-state index contributed by atoms with van der Waals surface area (Å²) in [5, 5.41) is 3.12. The van der Waals surface area contributed by atoms with Crippen LogP contribution in [0.15, 0.2) is 17.0 Å². The number of halogens is 3. The quantitative estimate of drug-likeness (QED) is 0.829. The molecule has 4 nitrogen and oxygen atoms in total. The van der Waals surface area contributed by atoms with Gasteiger partial charge in [0.15, 0.2) is 17.5 Å². The Hall–Kier alpha value is -1.12. The Labute approximate surface area is 115 Å². The number of rotatable bonds is 4. The zero-order chi connectivity index (χ0) is 14.8. The molecule has 112 valence electrons. The third-order valence-corrected chi connectivity index (χ3v) is 4.66. The Morgan fingerprint density at radius 3 is 2.60 bits per heavy atom. The van der Waals surface area contributed by atoms with Gasteiger partial charge in [0.05, 0.1) is 0 Å². The van der Waals surface area contributed by atoms with Gasteiger partial charge < -0.3 is 5.32 Å². The number of piperidine rings is 1. The van der Waals surface area contributed by atoms with Gasteiger partial charge in [0.1, 0.15) is 4.90 Å². The number of sulfonamides is 1. The highest BCUT2D eigenvalue weighted by atomic mass is 32.2. The van der Waals surface area contributed by atoms with Gasteiger partial charge >= 0.3 is 0 Å². The molecular formula is C12H15F3N2O2S. The second-order valence-electron chi connectivity index (χ2n) is 4.67. The van der Waals surface area contributed by atoms with Crippen LogP contribution in [0.25, 0.3) is 0 Å². The van der Waals surface area contributed by atoms with E-state index in [9.17, 15) is 21.6 Å². The Kier molecular flexibility index (Phi) is 4.66. The zero-order valence-electron chi connectivity index (χ0n) is 10.6. The summed E-state index contributed by atoms with van der Waals surface area (Å²) in [6.45, 7) is 0.882. The van der Waals surface area contributed by atoms with Crippen LogP contribution < -0.4 is 10.0 Å². The molecule has 1 heterocycles. The molecule has 1 fully saturated rings. The van der Waals surface area contributed by atoms with Crippen molar-refractivity contribution < 1.29 is 21.6 Å². The molecule has 0 radical (unpaired) electrons. The average Bonchev–Trinajstić information content (AvgIpc) is 2.44. The Morgan fingerprint density at radius 2 is 1.95 bits per heavy atom.